The van der Waals surface area contributed by atoms with Gasteiger partial charge in [-0.05, 0) is 50.3 Å². The van der Waals surface area contributed by atoms with Crippen molar-refractivity contribution in [2.75, 3.05) is 26.3 Å². The van der Waals surface area contributed by atoms with Gasteiger partial charge in [-0.1, -0.05) is 23.7 Å². The average Bonchev–Trinajstić information content (AvgIpc) is 2.53. The Labute approximate surface area is 153 Å². The third kappa shape index (κ3) is 4.15. The Morgan fingerprint density at radius 3 is 2.52 bits per heavy atom. The Kier molecular flexibility index (Phi) is 5.64. The molecule has 1 N–H and O–H groups in total. The molecule has 1 heterocycles. The van der Waals surface area contributed by atoms with Gasteiger partial charge in [0.25, 0.3) is 0 Å². The molecule has 25 heavy (non-hydrogen) atoms. The molecule has 1 aromatic carbocycles. The second-order valence-electron chi connectivity index (χ2n) is 7.07. The number of likely N-dealkylation sites (tertiary alicyclic amines) is 1. The van der Waals surface area contributed by atoms with E-state index in [0.717, 1.165) is 18.4 Å². The van der Waals surface area contributed by atoms with Gasteiger partial charge in [-0.2, -0.15) is 0 Å². The normalized spacial score (nSPS) is 19.0. The Hall–Kier alpha value is -1.59. The van der Waals surface area contributed by atoms with Gasteiger partial charge >= 0.3 is 0 Å². The number of hydrogen-bond acceptors (Lipinski definition) is 3. The van der Waals surface area contributed by atoms with E-state index in [1.807, 2.05) is 31.2 Å². The summed E-state index contributed by atoms with van der Waals surface area (Å²) in [6.07, 6.45) is 3.89. The van der Waals surface area contributed by atoms with Crippen LogP contribution in [0.4, 0.5) is 0 Å². The van der Waals surface area contributed by atoms with Crippen LogP contribution < -0.4 is 5.32 Å². The van der Waals surface area contributed by atoms with Crippen molar-refractivity contribution in [2.24, 2.45) is 5.41 Å². The minimum Gasteiger partial charge on any atom is -0.372 e. The number of rotatable bonds is 7. The number of benzene rings is 1. The largest absolute Gasteiger partial charge is 0.372 e. The van der Waals surface area contributed by atoms with Gasteiger partial charge in [-0.3, -0.25) is 9.59 Å². The zero-order valence-corrected chi connectivity index (χ0v) is 15.3. The van der Waals surface area contributed by atoms with Crippen molar-refractivity contribution in [3.63, 3.8) is 0 Å². The van der Waals surface area contributed by atoms with E-state index in [2.05, 4.69) is 5.32 Å². The molecule has 5 nitrogen and oxygen atoms in total. The predicted octanol–water partition coefficient (Wildman–Crippen LogP) is 2.42. The van der Waals surface area contributed by atoms with Crippen molar-refractivity contribution in [3.8, 4) is 0 Å². The summed E-state index contributed by atoms with van der Waals surface area (Å²) in [6.45, 7) is 3.34. The molecule has 0 radical (unpaired) electrons. The molecular formula is C19H25ClN2O3. The highest BCUT2D eigenvalue weighted by Gasteiger charge is 2.51. The molecule has 0 aromatic heterocycles. The zero-order chi connectivity index (χ0) is 17.9. The van der Waals surface area contributed by atoms with E-state index in [1.165, 1.54) is 6.42 Å². The lowest BCUT2D eigenvalue weighted by Crippen LogP contribution is -2.67. The van der Waals surface area contributed by atoms with Gasteiger partial charge in [0.05, 0.1) is 5.41 Å². The molecule has 0 atom stereocenters. The minimum absolute atomic E-state index is 0.0509. The number of amides is 2. The molecule has 6 heteroatoms. The molecule has 2 aliphatic rings. The molecule has 1 aliphatic heterocycles. The van der Waals surface area contributed by atoms with Crippen LogP contribution in [0.1, 0.15) is 31.7 Å². The van der Waals surface area contributed by atoms with Crippen LogP contribution in [0.3, 0.4) is 0 Å². The van der Waals surface area contributed by atoms with Crippen LogP contribution >= 0.6 is 11.6 Å². The maximum Gasteiger partial charge on any atom is 0.248 e. The lowest BCUT2D eigenvalue weighted by atomic mass is 9.73. The van der Waals surface area contributed by atoms with E-state index in [1.54, 1.807) is 4.90 Å². The van der Waals surface area contributed by atoms with Gasteiger partial charge in [0.15, 0.2) is 0 Å². The molecule has 2 amide bonds. The van der Waals surface area contributed by atoms with E-state index in [0.29, 0.717) is 37.2 Å². The summed E-state index contributed by atoms with van der Waals surface area (Å²) in [4.78, 5) is 26.7. The number of halogens is 1. The highest BCUT2D eigenvalue weighted by molar-refractivity contribution is 6.30. The van der Waals surface area contributed by atoms with Crippen LogP contribution in [0, 0.1) is 5.41 Å². The molecule has 0 unspecified atom stereocenters. The van der Waals surface area contributed by atoms with Gasteiger partial charge < -0.3 is 15.0 Å². The highest BCUT2D eigenvalue weighted by atomic mass is 35.5. The van der Waals surface area contributed by atoms with E-state index in [-0.39, 0.29) is 18.4 Å². The molecule has 136 valence electrons. The molecule has 3 rings (SSSR count). The topological polar surface area (TPSA) is 58.6 Å². The smallest absolute Gasteiger partial charge is 0.248 e. The first-order valence-corrected chi connectivity index (χ1v) is 9.31. The average molecular weight is 365 g/mol. The van der Waals surface area contributed by atoms with E-state index < -0.39 is 5.41 Å². The van der Waals surface area contributed by atoms with E-state index >= 15 is 0 Å². The Balaban J connectivity index is 1.67. The first-order valence-electron chi connectivity index (χ1n) is 8.93. The number of carbonyl (C=O) groups excluding carboxylic acids is 2. The summed E-state index contributed by atoms with van der Waals surface area (Å²) in [5, 5.41) is 3.84. The summed E-state index contributed by atoms with van der Waals surface area (Å²) < 4.78 is 5.20. The van der Waals surface area contributed by atoms with Crippen molar-refractivity contribution in [3.05, 3.63) is 34.9 Å². The standard InChI is InChI=1S/C19H25ClN2O3/c1-2-25-11-17(23)22-12-19(13-22,18(24)21-16-4-3-5-16)10-14-6-8-15(20)9-7-14/h6-9,16H,2-5,10-13H2,1H3,(H,21,24). The van der Waals surface area contributed by atoms with E-state index in [4.69, 9.17) is 16.3 Å². The van der Waals surface area contributed by atoms with Crippen molar-refractivity contribution in [2.45, 2.75) is 38.6 Å². The molecule has 1 aromatic rings. The lowest BCUT2D eigenvalue weighted by Gasteiger charge is -2.49. The fourth-order valence-corrected chi connectivity index (χ4v) is 3.49. The van der Waals surface area contributed by atoms with Gasteiger partial charge in [0.2, 0.25) is 11.8 Å². The first-order chi connectivity index (χ1) is 12.0. The molecule has 2 fully saturated rings. The van der Waals surface area contributed by atoms with Crippen LogP contribution in [0.15, 0.2) is 24.3 Å². The first kappa shape index (κ1) is 18.2. The molecule has 0 bridgehead atoms. The maximum absolute atomic E-state index is 12.9. The summed E-state index contributed by atoms with van der Waals surface area (Å²) in [5.41, 5.74) is 0.510. The SMILES string of the molecule is CCOCC(=O)N1CC(Cc2ccc(Cl)cc2)(C(=O)NC2CCC2)C1. The predicted molar refractivity (Wildman–Crippen MR) is 96.4 cm³/mol. The van der Waals surface area contributed by atoms with Crippen LogP contribution in [-0.2, 0) is 20.7 Å². The van der Waals surface area contributed by atoms with Crippen LogP contribution in [0.2, 0.25) is 5.02 Å². The van der Waals surface area contributed by atoms with Crippen LogP contribution in [0.25, 0.3) is 0 Å². The number of nitrogens with one attached hydrogen (secondary N) is 1. The fourth-order valence-electron chi connectivity index (χ4n) is 3.36. The summed E-state index contributed by atoms with van der Waals surface area (Å²) >= 11 is 5.96. The lowest BCUT2D eigenvalue weighted by molar-refractivity contribution is -0.157. The van der Waals surface area contributed by atoms with Crippen molar-refractivity contribution in [1.29, 1.82) is 0 Å². The Morgan fingerprint density at radius 1 is 1.28 bits per heavy atom. The number of ether oxygens (including phenoxy) is 1. The molecule has 1 saturated carbocycles. The molecular weight excluding hydrogens is 340 g/mol. The second kappa shape index (κ2) is 7.75. The molecule has 0 spiro atoms. The molecule has 1 saturated heterocycles. The second-order valence-corrected chi connectivity index (χ2v) is 7.51. The van der Waals surface area contributed by atoms with Gasteiger partial charge in [0, 0.05) is 30.8 Å². The van der Waals surface area contributed by atoms with E-state index in [9.17, 15) is 9.59 Å². The Bertz CT molecular complexity index is 622. The minimum atomic E-state index is -0.550. The fraction of sp³-hybridized carbons (Fsp3) is 0.579. The van der Waals surface area contributed by atoms with Gasteiger partial charge in [0.1, 0.15) is 6.61 Å². The van der Waals surface area contributed by atoms with Crippen LogP contribution in [-0.4, -0.2) is 49.1 Å². The van der Waals surface area contributed by atoms with Crippen molar-refractivity contribution in [1.82, 2.24) is 10.2 Å². The summed E-state index contributed by atoms with van der Waals surface area (Å²) in [6, 6.07) is 7.87. The Morgan fingerprint density at radius 2 is 1.96 bits per heavy atom. The number of hydrogen-bond donors (Lipinski definition) is 1. The van der Waals surface area contributed by atoms with Crippen molar-refractivity contribution >= 4 is 23.4 Å². The van der Waals surface area contributed by atoms with Gasteiger partial charge in [-0.15, -0.1) is 0 Å². The quantitative estimate of drug-likeness (QED) is 0.808. The number of carbonyl (C=O) groups is 2. The molecule has 1 aliphatic carbocycles. The van der Waals surface area contributed by atoms with Gasteiger partial charge in [-0.25, -0.2) is 0 Å². The number of nitrogens with zero attached hydrogens (tertiary/aromatic N) is 1. The zero-order valence-electron chi connectivity index (χ0n) is 14.6. The van der Waals surface area contributed by atoms with Crippen LogP contribution in [0.5, 0.6) is 0 Å². The highest BCUT2D eigenvalue weighted by Crippen LogP contribution is 2.36. The third-order valence-electron chi connectivity index (χ3n) is 5.15. The maximum atomic E-state index is 12.9. The summed E-state index contributed by atoms with van der Waals surface area (Å²) in [5.74, 6) is 0.0117. The monoisotopic (exact) mass is 364 g/mol. The third-order valence-corrected chi connectivity index (χ3v) is 5.40. The summed E-state index contributed by atoms with van der Waals surface area (Å²) in [7, 11) is 0. The van der Waals surface area contributed by atoms with Crippen molar-refractivity contribution < 1.29 is 14.3 Å².